The van der Waals surface area contributed by atoms with Crippen molar-refractivity contribution in [1.82, 2.24) is 5.32 Å². The summed E-state index contributed by atoms with van der Waals surface area (Å²) in [5.41, 5.74) is 2.57. The van der Waals surface area contributed by atoms with Crippen LogP contribution in [0.3, 0.4) is 0 Å². The standard InChI is InChI=1S/C14H19NO/c1-3-13-7-9-14(10-8-13)6-4-5-11-15-12(2)16/h4,6-10H,3,5,11H2,1-2H3,(H,15,16). The number of rotatable bonds is 5. The van der Waals surface area contributed by atoms with Gasteiger partial charge in [-0.15, -0.1) is 0 Å². The van der Waals surface area contributed by atoms with Crippen LogP contribution in [0.25, 0.3) is 6.08 Å². The van der Waals surface area contributed by atoms with Crippen molar-refractivity contribution in [2.45, 2.75) is 26.7 Å². The molecule has 1 aromatic carbocycles. The van der Waals surface area contributed by atoms with Crippen molar-refractivity contribution in [2.75, 3.05) is 6.54 Å². The molecule has 1 rings (SSSR count). The fourth-order valence-corrected chi connectivity index (χ4v) is 1.42. The van der Waals surface area contributed by atoms with E-state index in [0.717, 1.165) is 12.8 Å². The van der Waals surface area contributed by atoms with E-state index >= 15 is 0 Å². The van der Waals surface area contributed by atoms with Crippen molar-refractivity contribution in [2.24, 2.45) is 0 Å². The Morgan fingerprint density at radius 2 is 2.00 bits per heavy atom. The van der Waals surface area contributed by atoms with Crippen LogP contribution in [0.2, 0.25) is 0 Å². The van der Waals surface area contributed by atoms with Gasteiger partial charge in [-0.25, -0.2) is 0 Å². The van der Waals surface area contributed by atoms with Gasteiger partial charge in [0.1, 0.15) is 0 Å². The summed E-state index contributed by atoms with van der Waals surface area (Å²) in [5, 5.41) is 2.76. The highest BCUT2D eigenvalue weighted by Gasteiger charge is 1.89. The van der Waals surface area contributed by atoms with Crippen LogP contribution in [-0.2, 0) is 11.2 Å². The third kappa shape index (κ3) is 4.78. The summed E-state index contributed by atoms with van der Waals surface area (Å²) in [6.45, 7) is 4.39. The van der Waals surface area contributed by atoms with E-state index < -0.39 is 0 Å². The highest BCUT2D eigenvalue weighted by atomic mass is 16.1. The monoisotopic (exact) mass is 217 g/mol. The van der Waals surface area contributed by atoms with Crippen molar-refractivity contribution in [3.63, 3.8) is 0 Å². The summed E-state index contributed by atoms with van der Waals surface area (Å²) >= 11 is 0. The van der Waals surface area contributed by atoms with Gasteiger partial charge in [0, 0.05) is 13.5 Å². The van der Waals surface area contributed by atoms with Gasteiger partial charge in [0.2, 0.25) is 5.91 Å². The second kappa shape index (κ2) is 6.83. The molecule has 0 unspecified atom stereocenters. The van der Waals surface area contributed by atoms with Crippen molar-refractivity contribution in [3.05, 3.63) is 41.5 Å². The largest absolute Gasteiger partial charge is 0.356 e. The number of hydrogen-bond acceptors (Lipinski definition) is 1. The number of aryl methyl sites for hydroxylation is 1. The first kappa shape index (κ1) is 12.5. The van der Waals surface area contributed by atoms with Crippen LogP contribution < -0.4 is 5.32 Å². The third-order valence-corrected chi connectivity index (χ3v) is 2.38. The number of carbonyl (C=O) groups excluding carboxylic acids is 1. The van der Waals surface area contributed by atoms with Crippen LogP contribution in [0.1, 0.15) is 31.4 Å². The smallest absolute Gasteiger partial charge is 0.216 e. The first-order valence-corrected chi connectivity index (χ1v) is 5.72. The minimum atomic E-state index is 0.0284. The molecule has 0 saturated carbocycles. The van der Waals surface area contributed by atoms with Gasteiger partial charge in [0.15, 0.2) is 0 Å². The molecule has 0 atom stereocenters. The number of nitrogens with one attached hydrogen (secondary N) is 1. The third-order valence-electron chi connectivity index (χ3n) is 2.38. The summed E-state index contributed by atoms with van der Waals surface area (Å²) in [6.07, 6.45) is 6.11. The van der Waals surface area contributed by atoms with E-state index in [1.807, 2.05) is 0 Å². The topological polar surface area (TPSA) is 29.1 Å². The second-order valence-corrected chi connectivity index (χ2v) is 3.77. The molecule has 2 nitrogen and oxygen atoms in total. The SMILES string of the molecule is CCc1ccc(C=CCCNC(C)=O)cc1. The zero-order valence-electron chi connectivity index (χ0n) is 9.99. The van der Waals surface area contributed by atoms with E-state index in [-0.39, 0.29) is 5.91 Å². The molecule has 0 aliphatic carbocycles. The average Bonchev–Trinajstić information content (AvgIpc) is 2.29. The molecular weight excluding hydrogens is 198 g/mol. The predicted octanol–water partition coefficient (Wildman–Crippen LogP) is 2.79. The van der Waals surface area contributed by atoms with E-state index in [4.69, 9.17) is 0 Å². The minimum Gasteiger partial charge on any atom is -0.356 e. The molecule has 0 aromatic heterocycles. The summed E-state index contributed by atoms with van der Waals surface area (Å²) < 4.78 is 0. The van der Waals surface area contributed by atoms with Crippen LogP contribution in [0.4, 0.5) is 0 Å². The highest BCUT2D eigenvalue weighted by Crippen LogP contribution is 2.06. The molecule has 0 saturated heterocycles. The zero-order valence-corrected chi connectivity index (χ0v) is 9.99. The maximum absolute atomic E-state index is 10.6. The number of hydrogen-bond donors (Lipinski definition) is 1. The van der Waals surface area contributed by atoms with Crippen LogP contribution >= 0.6 is 0 Å². The average molecular weight is 217 g/mol. The Bertz CT molecular complexity index is 352. The molecule has 0 heterocycles. The maximum atomic E-state index is 10.6. The van der Waals surface area contributed by atoms with E-state index in [0.29, 0.717) is 6.54 Å². The molecule has 1 N–H and O–H groups in total. The van der Waals surface area contributed by atoms with Gasteiger partial charge in [-0.1, -0.05) is 43.3 Å². The highest BCUT2D eigenvalue weighted by molar-refractivity contribution is 5.72. The van der Waals surface area contributed by atoms with Crippen molar-refractivity contribution >= 4 is 12.0 Å². The van der Waals surface area contributed by atoms with Crippen LogP contribution in [0.15, 0.2) is 30.3 Å². The Labute approximate surface area is 97.4 Å². The van der Waals surface area contributed by atoms with Gasteiger partial charge in [-0.2, -0.15) is 0 Å². The maximum Gasteiger partial charge on any atom is 0.216 e. The predicted molar refractivity (Wildman–Crippen MR) is 68.2 cm³/mol. The van der Waals surface area contributed by atoms with Crippen molar-refractivity contribution in [1.29, 1.82) is 0 Å². The zero-order chi connectivity index (χ0) is 11.8. The van der Waals surface area contributed by atoms with Gasteiger partial charge >= 0.3 is 0 Å². The lowest BCUT2D eigenvalue weighted by atomic mass is 10.1. The van der Waals surface area contributed by atoms with Gasteiger partial charge in [0.25, 0.3) is 0 Å². The van der Waals surface area contributed by atoms with E-state index in [9.17, 15) is 4.79 Å². The first-order chi connectivity index (χ1) is 7.72. The Balaban J connectivity index is 2.35. The van der Waals surface area contributed by atoms with Gasteiger partial charge in [0.05, 0.1) is 0 Å². The lowest BCUT2D eigenvalue weighted by molar-refractivity contribution is -0.118. The lowest BCUT2D eigenvalue weighted by Gasteiger charge is -1.98. The van der Waals surface area contributed by atoms with Gasteiger partial charge in [-0.3, -0.25) is 4.79 Å². The quantitative estimate of drug-likeness (QED) is 0.755. The molecule has 0 aliphatic rings. The Kier molecular flexibility index (Phi) is 5.34. The molecule has 1 amide bonds. The molecule has 86 valence electrons. The Hall–Kier alpha value is -1.57. The summed E-state index contributed by atoms with van der Waals surface area (Å²) in [5.74, 6) is 0.0284. The molecule has 0 aliphatic heterocycles. The summed E-state index contributed by atoms with van der Waals surface area (Å²) in [4.78, 5) is 10.6. The van der Waals surface area contributed by atoms with Crippen molar-refractivity contribution in [3.8, 4) is 0 Å². The van der Waals surface area contributed by atoms with Crippen molar-refractivity contribution < 1.29 is 4.79 Å². The molecule has 1 aromatic rings. The lowest BCUT2D eigenvalue weighted by Crippen LogP contribution is -2.20. The number of benzene rings is 1. The van der Waals surface area contributed by atoms with Gasteiger partial charge in [-0.05, 0) is 24.0 Å². The fourth-order valence-electron chi connectivity index (χ4n) is 1.42. The first-order valence-electron chi connectivity index (χ1n) is 5.72. The van der Waals surface area contributed by atoms with E-state index in [1.54, 1.807) is 0 Å². The molecule has 2 heteroatoms. The van der Waals surface area contributed by atoms with Crippen LogP contribution in [0.5, 0.6) is 0 Å². The molecule has 0 bridgehead atoms. The van der Waals surface area contributed by atoms with E-state index in [2.05, 4.69) is 48.7 Å². The minimum absolute atomic E-state index is 0.0284. The Morgan fingerprint density at radius 3 is 2.56 bits per heavy atom. The molecular formula is C14H19NO. The fraction of sp³-hybridized carbons (Fsp3) is 0.357. The van der Waals surface area contributed by atoms with Gasteiger partial charge < -0.3 is 5.32 Å². The number of amides is 1. The van der Waals surface area contributed by atoms with Crippen LogP contribution in [-0.4, -0.2) is 12.5 Å². The second-order valence-electron chi connectivity index (χ2n) is 3.77. The normalized spacial score (nSPS) is 10.6. The summed E-state index contributed by atoms with van der Waals surface area (Å²) in [6, 6.07) is 8.53. The summed E-state index contributed by atoms with van der Waals surface area (Å²) in [7, 11) is 0. The molecule has 0 radical (unpaired) electrons. The molecule has 0 spiro atoms. The number of carbonyl (C=O) groups is 1. The molecule has 16 heavy (non-hydrogen) atoms. The Morgan fingerprint density at radius 1 is 1.31 bits per heavy atom. The molecule has 0 fully saturated rings. The van der Waals surface area contributed by atoms with Crippen LogP contribution in [0, 0.1) is 0 Å². The van der Waals surface area contributed by atoms with E-state index in [1.165, 1.54) is 18.1 Å².